The Hall–Kier alpha value is -2.41. The minimum Gasteiger partial charge on any atom is -0.469 e. The summed E-state index contributed by atoms with van der Waals surface area (Å²) in [6.45, 7) is 2.24. The number of esters is 3. The fourth-order valence-corrected chi connectivity index (χ4v) is 4.45. The van der Waals surface area contributed by atoms with E-state index in [-0.39, 0.29) is 6.42 Å². The number of aliphatic hydroxyl groups is 1. The van der Waals surface area contributed by atoms with Crippen molar-refractivity contribution in [3.8, 4) is 0 Å². The van der Waals surface area contributed by atoms with Gasteiger partial charge in [-0.2, -0.15) is 0 Å². The minimum atomic E-state index is -1.38. The normalized spacial score (nSPS) is 19.9. The van der Waals surface area contributed by atoms with Gasteiger partial charge >= 0.3 is 17.9 Å². The average Bonchev–Trinajstić information content (AvgIpc) is 2.84. The van der Waals surface area contributed by atoms with Gasteiger partial charge in [0.2, 0.25) is 0 Å². The van der Waals surface area contributed by atoms with Crippen LogP contribution in [0.4, 0.5) is 0 Å². The van der Waals surface area contributed by atoms with E-state index in [1.54, 1.807) is 12.1 Å². The molecule has 1 aromatic carbocycles. The van der Waals surface area contributed by atoms with Crippen molar-refractivity contribution in [2.45, 2.75) is 89.3 Å². The zero-order valence-electron chi connectivity index (χ0n) is 20.1. The molecule has 2 rings (SSSR count). The second-order valence-electron chi connectivity index (χ2n) is 8.91. The Labute approximate surface area is 196 Å². The van der Waals surface area contributed by atoms with E-state index in [2.05, 4.69) is 16.4 Å². The summed E-state index contributed by atoms with van der Waals surface area (Å²) in [5.74, 6) is -0.647. The first-order chi connectivity index (χ1) is 15.9. The van der Waals surface area contributed by atoms with Gasteiger partial charge in [0.15, 0.2) is 0 Å². The van der Waals surface area contributed by atoms with Gasteiger partial charge in [-0.05, 0) is 55.2 Å². The number of methoxy groups -OCH3 is 2. The summed E-state index contributed by atoms with van der Waals surface area (Å²) < 4.78 is 14.5. The van der Waals surface area contributed by atoms with Crippen molar-refractivity contribution in [3.05, 3.63) is 35.4 Å². The highest BCUT2D eigenvalue weighted by Gasteiger charge is 2.29. The molecule has 1 N–H and O–H groups in total. The Bertz CT molecular complexity index is 750. The fourth-order valence-electron chi connectivity index (χ4n) is 4.45. The summed E-state index contributed by atoms with van der Waals surface area (Å²) in [6.07, 6.45) is 6.73. The molecule has 1 aromatic rings. The molecule has 2 atom stereocenters. The molecule has 0 unspecified atom stereocenters. The predicted molar refractivity (Wildman–Crippen MR) is 124 cm³/mol. The maximum atomic E-state index is 12.6. The second-order valence-corrected chi connectivity index (χ2v) is 8.91. The van der Waals surface area contributed by atoms with Crippen LogP contribution >= 0.6 is 0 Å². The van der Waals surface area contributed by atoms with E-state index in [1.807, 2.05) is 12.1 Å². The number of hydrogen-bond donors (Lipinski definition) is 1. The van der Waals surface area contributed by atoms with Gasteiger partial charge in [-0.3, -0.25) is 9.59 Å². The molecule has 0 amide bonds. The van der Waals surface area contributed by atoms with E-state index in [9.17, 15) is 19.5 Å². The molecule has 0 bridgehead atoms. The van der Waals surface area contributed by atoms with Gasteiger partial charge in [0, 0.05) is 0 Å². The van der Waals surface area contributed by atoms with E-state index in [4.69, 9.17) is 4.74 Å². The zero-order valence-corrected chi connectivity index (χ0v) is 20.1. The molecule has 184 valence electrons. The Morgan fingerprint density at radius 1 is 0.939 bits per heavy atom. The van der Waals surface area contributed by atoms with E-state index in [0.717, 1.165) is 5.92 Å². The lowest BCUT2D eigenvalue weighted by Gasteiger charge is -2.29. The highest BCUT2D eigenvalue weighted by Crippen LogP contribution is 2.37. The van der Waals surface area contributed by atoms with Crippen LogP contribution in [0.15, 0.2) is 24.3 Å². The topological polar surface area (TPSA) is 99.1 Å². The van der Waals surface area contributed by atoms with E-state index in [1.165, 1.54) is 71.1 Å². The first kappa shape index (κ1) is 26.8. The van der Waals surface area contributed by atoms with Gasteiger partial charge < -0.3 is 19.3 Å². The molecule has 0 aromatic heterocycles. The Balaban J connectivity index is 1.94. The second kappa shape index (κ2) is 14.0. The van der Waals surface area contributed by atoms with Crippen LogP contribution in [0.2, 0.25) is 0 Å². The predicted octanol–water partition coefficient (Wildman–Crippen LogP) is 4.55. The van der Waals surface area contributed by atoms with E-state index in [0.29, 0.717) is 11.5 Å². The molecule has 0 spiro atoms. The van der Waals surface area contributed by atoms with Gasteiger partial charge in [0.1, 0.15) is 12.2 Å². The number of carbonyl (C=O) groups is 3. The van der Waals surface area contributed by atoms with Crippen LogP contribution in [-0.2, 0) is 23.8 Å². The van der Waals surface area contributed by atoms with Crippen LogP contribution in [-0.4, -0.2) is 49.4 Å². The average molecular weight is 463 g/mol. The summed E-state index contributed by atoms with van der Waals surface area (Å²) in [7, 11) is 2.39. The number of aliphatic hydroxyl groups excluding tert-OH is 1. The van der Waals surface area contributed by atoms with Crippen molar-refractivity contribution in [2.75, 3.05) is 14.2 Å². The molecule has 0 saturated heterocycles. The lowest BCUT2D eigenvalue weighted by atomic mass is 9.77. The molecule has 7 heteroatoms. The third kappa shape index (κ3) is 8.80. The molecule has 0 heterocycles. The van der Waals surface area contributed by atoms with Gasteiger partial charge in [-0.15, -0.1) is 0 Å². The molecule has 1 saturated carbocycles. The molecular weight excluding hydrogens is 424 g/mol. The summed E-state index contributed by atoms with van der Waals surface area (Å²) in [5.41, 5.74) is 1.54. The number of unbranched alkanes of at least 4 members (excludes halogenated alkanes) is 2. The van der Waals surface area contributed by atoms with E-state index >= 15 is 0 Å². The van der Waals surface area contributed by atoms with E-state index < -0.39 is 36.5 Å². The van der Waals surface area contributed by atoms with Crippen LogP contribution in [0.3, 0.4) is 0 Å². The van der Waals surface area contributed by atoms with Crippen molar-refractivity contribution in [1.29, 1.82) is 0 Å². The summed E-state index contributed by atoms with van der Waals surface area (Å²) in [4.78, 5) is 35.8. The first-order valence-corrected chi connectivity index (χ1v) is 12.0. The molecule has 0 radical (unpaired) electrons. The Morgan fingerprint density at radius 3 is 2.12 bits per heavy atom. The largest absolute Gasteiger partial charge is 0.469 e. The number of carbonyl (C=O) groups excluding carboxylic acids is 3. The lowest BCUT2D eigenvalue weighted by Crippen LogP contribution is -2.35. The van der Waals surface area contributed by atoms with Crippen molar-refractivity contribution in [3.63, 3.8) is 0 Å². The quantitative estimate of drug-likeness (QED) is 0.276. The van der Waals surface area contributed by atoms with Crippen molar-refractivity contribution in [2.24, 2.45) is 5.92 Å². The van der Waals surface area contributed by atoms with Gasteiger partial charge in [-0.1, -0.05) is 44.7 Å². The van der Waals surface area contributed by atoms with Gasteiger partial charge in [0.05, 0.1) is 32.6 Å². The number of hydrogen-bond acceptors (Lipinski definition) is 7. The Morgan fingerprint density at radius 2 is 1.55 bits per heavy atom. The van der Waals surface area contributed by atoms with Crippen LogP contribution < -0.4 is 0 Å². The highest BCUT2D eigenvalue weighted by molar-refractivity contribution is 5.89. The third-order valence-electron chi connectivity index (χ3n) is 6.57. The highest BCUT2D eigenvalue weighted by atomic mass is 16.6. The molecule has 7 nitrogen and oxygen atoms in total. The van der Waals surface area contributed by atoms with Crippen LogP contribution in [0.1, 0.15) is 93.0 Å². The van der Waals surface area contributed by atoms with Crippen molar-refractivity contribution >= 4 is 17.9 Å². The van der Waals surface area contributed by atoms with Crippen molar-refractivity contribution in [1.82, 2.24) is 0 Å². The lowest BCUT2D eigenvalue weighted by molar-refractivity contribution is -0.150. The molecule has 0 aliphatic heterocycles. The summed E-state index contributed by atoms with van der Waals surface area (Å²) in [5, 5.41) is 10.3. The monoisotopic (exact) mass is 462 g/mol. The third-order valence-corrected chi connectivity index (χ3v) is 6.57. The Kier molecular flexibility index (Phi) is 11.4. The molecule has 1 aliphatic carbocycles. The standard InChI is InChI=1S/C26H38O7/c1-4-5-6-7-18-8-10-19(11-9-18)20-12-14-21(15-13-20)26(30)33-23(17-25(29)32-3)22(27)16-24(28)31-2/h12-15,18-19,22-23,27H,4-11,16-17H2,1-3H3/t18-,19-,22-,23-/m1/s1. The number of ether oxygens (including phenoxy) is 3. The maximum absolute atomic E-state index is 12.6. The number of rotatable bonds is 12. The minimum absolute atomic E-state index is 0.326. The zero-order chi connectivity index (χ0) is 24.2. The molecule has 33 heavy (non-hydrogen) atoms. The van der Waals surface area contributed by atoms with Crippen LogP contribution in [0, 0.1) is 5.92 Å². The fraction of sp³-hybridized carbons (Fsp3) is 0.654. The van der Waals surface area contributed by atoms with Gasteiger partial charge in [-0.25, -0.2) is 4.79 Å². The molecule has 1 fully saturated rings. The molecule has 1 aliphatic rings. The van der Waals surface area contributed by atoms with Crippen molar-refractivity contribution < 1.29 is 33.7 Å². The van der Waals surface area contributed by atoms with Gasteiger partial charge in [0.25, 0.3) is 0 Å². The smallest absolute Gasteiger partial charge is 0.338 e. The van der Waals surface area contributed by atoms with Crippen LogP contribution in [0.25, 0.3) is 0 Å². The number of benzene rings is 1. The van der Waals surface area contributed by atoms with Crippen LogP contribution in [0.5, 0.6) is 0 Å². The SMILES string of the molecule is CCCCC[C@H]1CC[C@H](c2ccc(C(=O)O[C@H](CC(=O)OC)[C@H](O)CC(=O)OC)cc2)CC1. The molecular formula is C26H38O7. The summed E-state index contributed by atoms with van der Waals surface area (Å²) in [6, 6.07) is 7.34. The summed E-state index contributed by atoms with van der Waals surface area (Å²) >= 11 is 0. The maximum Gasteiger partial charge on any atom is 0.338 e. The first-order valence-electron chi connectivity index (χ1n) is 12.0.